The first kappa shape index (κ1) is 11.2. The highest BCUT2D eigenvalue weighted by molar-refractivity contribution is 6.32. The molecule has 0 fully saturated rings. The monoisotopic (exact) mass is 222 g/mol. The van der Waals surface area contributed by atoms with E-state index in [4.69, 9.17) is 16.7 Å². The third-order valence-electron chi connectivity index (χ3n) is 1.74. The average Bonchev–Trinajstić information content (AvgIpc) is 2.09. The molecule has 2 N–H and O–H groups in total. The number of hydrogen-bond donors (Lipinski definition) is 2. The van der Waals surface area contributed by atoms with Crippen LogP contribution in [0.15, 0.2) is 6.07 Å². The van der Waals surface area contributed by atoms with E-state index in [1.807, 2.05) is 0 Å². The quantitative estimate of drug-likeness (QED) is 0.754. The lowest BCUT2D eigenvalue weighted by molar-refractivity contribution is 0.192. The fourth-order valence-electron chi connectivity index (χ4n) is 1.12. The van der Waals surface area contributed by atoms with Crippen molar-refractivity contribution in [3.05, 3.63) is 28.3 Å². The van der Waals surface area contributed by atoms with Crippen LogP contribution in [-0.4, -0.2) is 16.3 Å². The summed E-state index contributed by atoms with van der Waals surface area (Å²) in [6.45, 7) is 1.40. The van der Waals surface area contributed by atoms with Crippen molar-refractivity contribution in [2.24, 2.45) is 0 Å². The van der Waals surface area contributed by atoms with Crippen LogP contribution in [-0.2, 0) is 6.42 Å². The number of rotatable bonds is 2. The molecular weight excluding hydrogens is 214 g/mol. The number of aliphatic hydroxyl groups excluding tert-OH is 1. The molecule has 0 radical (unpaired) electrons. The van der Waals surface area contributed by atoms with Gasteiger partial charge in [0.1, 0.15) is 5.75 Å². The summed E-state index contributed by atoms with van der Waals surface area (Å²) in [5, 5.41) is 18.0. The number of hydrogen-bond acceptors (Lipinski definition) is 2. The van der Waals surface area contributed by atoms with E-state index in [-0.39, 0.29) is 17.0 Å². The molecule has 0 heterocycles. The van der Waals surface area contributed by atoms with Gasteiger partial charge >= 0.3 is 0 Å². The van der Waals surface area contributed by atoms with Crippen molar-refractivity contribution < 1.29 is 19.0 Å². The molecule has 1 aromatic rings. The summed E-state index contributed by atoms with van der Waals surface area (Å²) in [5.74, 6) is -2.83. The minimum Gasteiger partial charge on any atom is -0.506 e. The number of phenolic OH excluding ortho intramolecular Hbond substituents is 1. The van der Waals surface area contributed by atoms with E-state index >= 15 is 0 Å². The fourth-order valence-corrected chi connectivity index (χ4v) is 1.33. The molecule has 5 heteroatoms. The van der Waals surface area contributed by atoms with Gasteiger partial charge in [0.05, 0.1) is 11.1 Å². The molecule has 1 unspecified atom stereocenters. The fraction of sp³-hybridized carbons (Fsp3) is 0.333. The number of aromatic hydroxyl groups is 1. The van der Waals surface area contributed by atoms with E-state index < -0.39 is 23.5 Å². The molecule has 1 rings (SSSR count). The molecule has 0 aliphatic rings. The maximum absolute atomic E-state index is 13.1. The number of halogens is 3. The Labute approximate surface area is 84.7 Å². The second-order valence-corrected chi connectivity index (χ2v) is 3.44. The summed E-state index contributed by atoms with van der Waals surface area (Å²) in [5.41, 5.74) is -0.301. The van der Waals surface area contributed by atoms with Gasteiger partial charge in [-0.1, -0.05) is 11.6 Å². The highest BCUT2D eigenvalue weighted by Gasteiger charge is 2.18. The van der Waals surface area contributed by atoms with Gasteiger partial charge in [0.2, 0.25) is 0 Å². The van der Waals surface area contributed by atoms with Crippen molar-refractivity contribution in [3.63, 3.8) is 0 Å². The van der Waals surface area contributed by atoms with Crippen LogP contribution in [0, 0.1) is 11.6 Å². The Morgan fingerprint density at radius 3 is 2.57 bits per heavy atom. The first-order valence-corrected chi connectivity index (χ1v) is 4.34. The van der Waals surface area contributed by atoms with E-state index in [9.17, 15) is 13.9 Å². The summed E-state index contributed by atoms with van der Waals surface area (Å²) in [4.78, 5) is 0. The summed E-state index contributed by atoms with van der Waals surface area (Å²) in [6.07, 6.45) is -1.07. The van der Waals surface area contributed by atoms with E-state index in [1.54, 1.807) is 0 Å². The first-order chi connectivity index (χ1) is 6.43. The zero-order valence-corrected chi connectivity index (χ0v) is 8.15. The second-order valence-electron chi connectivity index (χ2n) is 3.03. The van der Waals surface area contributed by atoms with Gasteiger partial charge in [-0.2, -0.15) is 0 Å². The van der Waals surface area contributed by atoms with Crippen LogP contribution < -0.4 is 0 Å². The van der Waals surface area contributed by atoms with Gasteiger partial charge in [-0.15, -0.1) is 0 Å². The highest BCUT2D eigenvalue weighted by atomic mass is 35.5. The topological polar surface area (TPSA) is 40.5 Å². The number of aliphatic hydroxyl groups is 1. The van der Waals surface area contributed by atoms with E-state index in [0.29, 0.717) is 6.07 Å². The molecule has 0 aliphatic heterocycles. The van der Waals surface area contributed by atoms with Gasteiger partial charge in [-0.25, -0.2) is 8.78 Å². The Morgan fingerprint density at radius 1 is 1.50 bits per heavy atom. The number of benzene rings is 1. The van der Waals surface area contributed by atoms with Gasteiger partial charge in [-0.05, 0) is 13.0 Å². The minimum atomic E-state index is -1.17. The van der Waals surface area contributed by atoms with Crippen LogP contribution in [0.5, 0.6) is 5.75 Å². The molecular formula is C9H9ClF2O2. The Balaban J connectivity index is 3.25. The van der Waals surface area contributed by atoms with Crippen molar-refractivity contribution in [2.45, 2.75) is 19.4 Å². The molecule has 0 bridgehead atoms. The van der Waals surface area contributed by atoms with E-state index in [1.165, 1.54) is 6.92 Å². The lowest BCUT2D eigenvalue weighted by atomic mass is 10.1. The summed E-state index contributed by atoms with van der Waals surface area (Å²) < 4.78 is 25.9. The normalized spacial score (nSPS) is 12.9. The molecule has 0 aromatic heterocycles. The molecule has 0 amide bonds. The third-order valence-corrected chi connectivity index (χ3v) is 2.03. The molecule has 1 aromatic carbocycles. The third kappa shape index (κ3) is 2.13. The number of phenols is 1. The van der Waals surface area contributed by atoms with Gasteiger partial charge < -0.3 is 10.2 Å². The van der Waals surface area contributed by atoms with Gasteiger partial charge in [0.15, 0.2) is 11.6 Å². The van der Waals surface area contributed by atoms with Crippen LogP contribution in [0.1, 0.15) is 12.5 Å². The first-order valence-electron chi connectivity index (χ1n) is 3.97. The molecule has 1 atom stereocenters. The average molecular weight is 223 g/mol. The molecule has 0 spiro atoms. The zero-order chi connectivity index (χ0) is 10.9. The molecule has 78 valence electrons. The zero-order valence-electron chi connectivity index (χ0n) is 7.39. The van der Waals surface area contributed by atoms with Crippen LogP contribution in [0.4, 0.5) is 8.78 Å². The van der Waals surface area contributed by atoms with Crippen molar-refractivity contribution in [1.29, 1.82) is 0 Å². The predicted octanol–water partition coefficient (Wildman–Crippen LogP) is 2.25. The predicted molar refractivity (Wildman–Crippen MR) is 48.4 cm³/mol. The van der Waals surface area contributed by atoms with Crippen molar-refractivity contribution in [3.8, 4) is 5.75 Å². The summed E-state index contributed by atoms with van der Waals surface area (Å²) in [6, 6.07) is 0.692. The van der Waals surface area contributed by atoms with Crippen LogP contribution in [0.25, 0.3) is 0 Å². The van der Waals surface area contributed by atoms with Crippen molar-refractivity contribution >= 4 is 11.6 Å². The Hall–Kier alpha value is -0.870. The highest BCUT2D eigenvalue weighted by Crippen LogP contribution is 2.32. The van der Waals surface area contributed by atoms with E-state index in [2.05, 4.69) is 0 Å². The summed E-state index contributed by atoms with van der Waals surface area (Å²) in [7, 11) is 0. The lowest BCUT2D eigenvalue weighted by Crippen LogP contribution is -2.07. The molecule has 2 nitrogen and oxygen atoms in total. The van der Waals surface area contributed by atoms with Crippen molar-refractivity contribution in [2.75, 3.05) is 0 Å². The maximum Gasteiger partial charge on any atom is 0.165 e. The largest absolute Gasteiger partial charge is 0.506 e. The molecule has 0 saturated heterocycles. The minimum absolute atomic E-state index is 0.185. The lowest BCUT2D eigenvalue weighted by Gasteiger charge is -2.09. The summed E-state index contributed by atoms with van der Waals surface area (Å²) >= 11 is 5.44. The van der Waals surface area contributed by atoms with Gasteiger partial charge in [0, 0.05) is 12.0 Å². The molecule has 14 heavy (non-hydrogen) atoms. The van der Waals surface area contributed by atoms with Gasteiger partial charge in [0.25, 0.3) is 0 Å². The van der Waals surface area contributed by atoms with E-state index in [0.717, 1.165) is 0 Å². The smallest absolute Gasteiger partial charge is 0.165 e. The molecule has 0 aliphatic carbocycles. The van der Waals surface area contributed by atoms with Crippen LogP contribution in [0.3, 0.4) is 0 Å². The molecule has 0 saturated carbocycles. The Bertz CT molecular complexity index is 327. The van der Waals surface area contributed by atoms with Gasteiger partial charge in [-0.3, -0.25) is 0 Å². The SMILES string of the molecule is CC(O)Cc1c(O)c(Cl)cc(F)c1F. The Morgan fingerprint density at radius 2 is 2.07 bits per heavy atom. The maximum atomic E-state index is 13.1. The van der Waals surface area contributed by atoms with Crippen molar-refractivity contribution in [1.82, 2.24) is 0 Å². The van der Waals surface area contributed by atoms with Crippen LogP contribution >= 0.6 is 11.6 Å². The second kappa shape index (κ2) is 4.11. The Kier molecular flexibility index (Phi) is 3.29. The standard InChI is InChI=1S/C9H9ClF2O2/c1-4(13)2-5-8(12)7(11)3-6(10)9(5)14/h3-4,13-14H,2H2,1H3. The van der Waals surface area contributed by atoms with Crippen LogP contribution in [0.2, 0.25) is 5.02 Å².